The van der Waals surface area contributed by atoms with E-state index in [1.54, 1.807) is 6.07 Å². The summed E-state index contributed by atoms with van der Waals surface area (Å²) in [4.78, 5) is 31.7. The first kappa shape index (κ1) is 17.0. The smallest absolute Gasteiger partial charge is 0.261 e. The van der Waals surface area contributed by atoms with Gasteiger partial charge in [-0.05, 0) is 50.2 Å². The van der Waals surface area contributed by atoms with E-state index in [-0.39, 0.29) is 23.1 Å². The van der Waals surface area contributed by atoms with E-state index in [0.717, 1.165) is 49.8 Å². The highest BCUT2D eigenvalue weighted by atomic mass is 16.5. The number of carbonyl (C=O) groups excluding carboxylic acids is 1. The minimum absolute atomic E-state index is 0.111. The van der Waals surface area contributed by atoms with Crippen LogP contribution in [0.5, 0.6) is 0 Å². The van der Waals surface area contributed by atoms with Crippen molar-refractivity contribution >= 4 is 5.91 Å². The number of pyridine rings is 1. The lowest BCUT2D eigenvalue weighted by Gasteiger charge is -2.15. The number of ether oxygens (including phenoxy) is 1. The predicted molar refractivity (Wildman–Crippen MR) is 92.0 cm³/mol. The fraction of sp³-hybridized carbons (Fsp3) is 0.556. The van der Waals surface area contributed by atoms with E-state index in [1.807, 2.05) is 0 Å². The lowest BCUT2D eigenvalue weighted by molar-refractivity contribution is 0.0835. The van der Waals surface area contributed by atoms with Crippen LogP contribution in [0, 0.1) is 0 Å². The van der Waals surface area contributed by atoms with Crippen LogP contribution in [0.3, 0.4) is 0 Å². The zero-order chi connectivity index (χ0) is 17.9. The molecule has 1 aliphatic carbocycles. The van der Waals surface area contributed by atoms with Crippen molar-refractivity contribution < 1.29 is 14.1 Å². The van der Waals surface area contributed by atoms with Crippen molar-refractivity contribution in [3.63, 3.8) is 0 Å². The van der Waals surface area contributed by atoms with Gasteiger partial charge in [0.15, 0.2) is 5.82 Å². The fourth-order valence-electron chi connectivity index (χ4n) is 3.50. The Morgan fingerprint density at radius 3 is 3.04 bits per heavy atom. The van der Waals surface area contributed by atoms with E-state index >= 15 is 0 Å². The van der Waals surface area contributed by atoms with Crippen LogP contribution in [0.15, 0.2) is 15.4 Å². The molecule has 26 heavy (non-hydrogen) atoms. The molecule has 2 aromatic heterocycles. The van der Waals surface area contributed by atoms with E-state index in [2.05, 4.69) is 20.4 Å². The first-order chi connectivity index (χ1) is 12.7. The van der Waals surface area contributed by atoms with Gasteiger partial charge in [0.25, 0.3) is 17.4 Å². The fourth-order valence-corrected chi connectivity index (χ4v) is 3.50. The highest BCUT2D eigenvalue weighted by molar-refractivity contribution is 5.94. The highest BCUT2D eigenvalue weighted by Crippen LogP contribution is 2.26. The van der Waals surface area contributed by atoms with Crippen molar-refractivity contribution in [3.05, 3.63) is 45.0 Å². The number of carbonyl (C=O) groups is 1. The molecule has 3 heterocycles. The molecule has 1 amide bonds. The second-order valence-electron chi connectivity index (χ2n) is 6.78. The van der Waals surface area contributed by atoms with Gasteiger partial charge in [0.2, 0.25) is 0 Å². The molecule has 4 rings (SSSR count). The highest BCUT2D eigenvalue weighted by Gasteiger charge is 2.24. The molecule has 1 saturated heterocycles. The van der Waals surface area contributed by atoms with E-state index in [1.165, 1.54) is 0 Å². The Morgan fingerprint density at radius 2 is 2.19 bits per heavy atom. The van der Waals surface area contributed by atoms with Gasteiger partial charge in [-0.2, -0.15) is 4.98 Å². The van der Waals surface area contributed by atoms with Gasteiger partial charge < -0.3 is 19.6 Å². The Balaban J connectivity index is 1.35. The maximum absolute atomic E-state index is 12.3. The number of hydrogen-bond acceptors (Lipinski definition) is 6. The number of fused-ring (bicyclic) bond motifs is 1. The molecule has 1 unspecified atom stereocenters. The zero-order valence-electron chi connectivity index (χ0n) is 14.5. The van der Waals surface area contributed by atoms with Gasteiger partial charge in [0.05, 0.1) is 0 Å². The van der Waals surface area contributed by atoms with E-state index in [4.69, 9.17) is 9.26 Å². The summed E-state index contributed by atoms with van der Waals surface area (Å²) in [6.07, 6.45) is 6.15. The number of hydrogen-bond donors (Lipinski definition) is 2. The predicted octanol–water partition coefficient (Wildman–Crippen LogP) is 1.46. The number of aryl methyl sites for hydroxylation is 2. The Labute approximate surface area is 150 Å². The van der Waals surface area contributed by atoms with Gasteiger partial charge in [-0.1, -0.05) is 5.16 Å². The third-order valence-electron chi connectivity index (χ3n) is 4.91. The molecule has 1 atom stereocenters. The molecular weight excluding hydrogens is 336 g/mol. The Bertz CT molecular complexity index is 851. The van der Waals surface area contributed by atoms with Crippen molar-refractivity contribution in [2.24, 2.45) is 0 Å². The largest absolute Gasteiger partial charge is 0.368 e. The van der Waals surface area contributed by atoms with Crippen molar-refractivity contribution in [2.75, 3.05) is 13.2 Å². The van der Waals surface area contributed by atoms with Crippen LogP contribution in [0.4, 0.5) is 0 Å². The summed E-state index contributed by atoms with van der Waals surface area (Å²) in [5.74, 6) is 0.646. The molecule has 2 aromatic rings. The van der Waals surface area contributed by atoms with Crippen LogP contribution >= 0.6 is 0 Å². The van der Waals surface area contributed by atoms with Gasteiger partial charge in [0, 0.05) is 25.3 Å². The number of rotatable bonds is 5. The molecule has 8 heteroatoms. The van der Waals surface area contributed by atoms with Crippen molar-refractivity contribution in [3.8, 4) is 0 Å². The lowest BCUT2D eigenvalue weighted by Crippen LogP contribution is -2.32. The van der Waals surface area contributed by atoms with Gasteiger partial charge >= 0.3 is 0 Å². The third kappa shape index (κ3) is 3.55. The maximum Gasteiger partial charge on any atom is 0.261 e. The normalized spacial score (nSPS) is 19.3. The van der Waals surface area contributed by atoms with Crippen LogP contribution in [0.1, 0.15) is 65.1 Å². The minimum Gasteiger partial charge on any atom is -0.368 e. The average Bonchev–Trinajstić information content (AvgIpc) is 3.32. The molecule has 2 aliphatic rings. The van der Waals surface area contributed by atoms with E-state index in [0.29, 0.717) is 31.3 Å². The molecule has 8 nitrogen and oxygen atoms in total. The van der Waals surface area contributed by atoms with Gasteiger partial charge in [-0.25, -0.2) is 0 Å². The van der Waals surface area contributed by atoms with Gasteiger partial charge in [-0.3, -0.25) is 9.59 Å². The monoisotopic (exact) mass is 358 g/mol. The standard InChI is InChI=1S/C18H22N4O4/c23-16(12-10-11-4-1-2-5-13(11)20-17(12)24)19-8-7-15-21-18(26-22-15)14-6-3-9-25-14/h10,14H,1-9H2,(H,19,23)(H,20,24). The number of H-pyrrole nitrogens is 1. The summed E-state index contributed by atoms with van der Waals surface area (Å²) < 4.78 is 10.7. The number of nitrogens with one attached hydrogen (secondary N) is 2. The minimum atomic E-state index is -0.373. The molecule has 1 aliphatic heterocycles. The number of aromatic amines is 1. The van der Waals surface area contributed by atoms with Crippen molar-refractivity contribution in [1.82, 2.24) is 20.4 Å². The summed E-state index contributed by atoms with van der Waals surface area (Å²) >= 11 is 0. The number of amides is 1. The number of nitrogens with zero attached hydrogens (tertiary/aromatic N) is 2. The average molecular weight is 358 g/mol. The molecule has 0 bridgehead atoms. The summed E-state index contributed by atoms with van der Waals surface area (Å²) in [6.45, 7) is 1.05. The Hall–Kier alpha value is -2.48. The molecular formula is C18H22N4O4. The SMILES string of the molecule is O=C(NCCc1noc(C2CCCO2)n1)c1cc2c([nH]c1=O)CCCC2. The third-order valence-corrected chi connectivity index (χ3v) is 4.91. The van der Waals surface area contributed by atoms with Crippen molar-refractivity contribution in [1.29, 1.82) is 0 Å². The van der Waals surface area contributed by atoms with Gasteiger partial charge in [0.1, 0.15) is 11.7 Å². The van der Waals surface area contributed by atoms with E-state index < -0.39 is 0 Å². The first-order valence-electron chi connectivity index (χ1n) is 9.18. The molecule has 2 N–H and O–H groups in total. The quantitative estimate of drug-likeness (QED) is 0.837. The van der Waals surface area contributed by atoms with Gasteiger partial charge in [-0.15, -0.1) is 0 Å². The molecule has 0 aromatic carbocycles. The Morgan fingerprint density at radius 1 is 1.31 bits per heavy atom. The second kappa shape index (κ2) is 7.41. The Kier molecular flexibility index (Phi) is 4.83. The molecule has 0 radical (unpaired) electrons. The van der Waals surface area contributed by atoms with Crippen LogP contribution < -0.4 is 10.9 Å². The van der Waals surface area contributed by atoms with Crippen LogP contribution in [0.25, 0.3) is 0 Å². The number of aromatic nitrogens is 3. The first-order valence-corrected chi connectivity index (χ1v) is 9.18. The topological polar surface area (TPSA) is 110 Å². The van der Waals surface area contributed by atoms with Crippen LogP contribution in [0.2, 0.25) is 0 Å². The lowest BCUT2D eigenvalue weighted by atomic mass is 9.95. The molecule has 138 valence electrons. The second-order valence-corrected chi connectivity index (χ2v) is 6.78. The van der Waals surface area contributed by atoms with Crippen molar-refractivity contribution in [2.45, 2.75) is 51.0 Å². The van der Waals surface area contributed by atoms with Crippen LogP contribution in [-0.4, -0.2) is 34.2 Å². The van der Waals surface area contributed by atoms with Crippen LogP contribution in [-0.2, 0) is 24.0 Å². The molecule has 0 saturated carbocycles. The molecule has 1 fully saturated rings. The zero-order valence-corrected chi connectivity index (χ0v) is 14.5. The van der Waals surface area contributed by atoms with E-state index in [9.17, 15) is 9.59 Å². The summed E-state index contributed by atoms with van der Waals surface area (Å²) in [6, 6.07) is 1.73. The molecule has 0 spiro atoms. The summed E-state index contributed by atoms with van der Waals surface area (Å²) in [5.41, 5.74) is 1.87. The summed E-state index contributed by atoms with van der Waals surface area (Å²) in [7, 11) is 0. The summed E-state index contributed by atoms with van der Waals surface area (Å²) in [5, 5.41) is 6.68. The maximum atomic E-state index is 12.3.